The van der Waals surface area contributed by atoms with Gasteiger partial charge in [0.15, 0.2) is 0 Å². The minimum atomic E-state index is -0.271. The molecule has 3 N–H and O–H groups in total. The van der Waals surface area contributed by atoms with Crippen LogP contribution < -0.4 is 11.1 Å². The van der Waals surface area contributed by atoms with Gasteiger partial charge in [0.2, 0.25) is 5.91 Å². The van der Waals surface area contributed by atoms with E-state index in [1.54, 1.807) is 0 Å². The molecule has 0 bridgehead atoms. The maximum absolute atomic E-state index is 11.7. The lowest BCUT2D eigenvalue weighted by Gasteiger charge is -2.13. The van der Waals surface area contributed by atoms with E-state index in [9.17, 15) is 4.79 Å². The number of carbonyl (C=O) groups is 1. The number of hydrogen-bond acceptors (Lipinski definition) is 3. The average Bonchev–Trinajstić information content (AvgIpc) is 2.72. The number of hydrogen-bond donors (Lipinski definition) is 2. The Morgan fingerprint density at radius 2 is 2.18 bits per heavy atom. The van der Waals surface area contributed by atoms with Crippen LogP contribution in [0, 0.1) is 5.92 Å². The first-order chi connectivity index (χ1) is 7.63. The highest BCUT2D eigenvalue weighted by Crippen LogP contribution is 2.18. The maximum Gasteiger partial charge on any atom is 0.249 e. The normalized spacial score (nSPS) is 23.5. The van der Waals surface area contributed by atoms with Gasteiger partial charge in [0.1, 0.15) is 6.10 Å². The number of ether oxygens (including phenoxy) is 1. The van der Waals surface area contributed by atoms with Crippen LogP contribution in [0.3, 0.4) is 0 Å². The second kappa shape index (κ2) is 8.72. The lowest BCUT2D eigenvalue weighted by atomic mass is 10.1. The van der Waals surface area contributed by atoms with Crippen molar-refractivity contribution in [1.82, 2.24) is 5.32 Å². The van der Waals surface area contributed by atoms with E-state index in [0.29, 0.717) is 12.5 Å². The van der Waals surface area contributed by atoms with Crippen molar-refractivity contribution in [2.75, 3.05) is 13.1 Å². The Bertz CT molecular complexity index is 225. The molecule has 0 aromatic heterocycles. The number of nitrogens with one attached hydrogen (secondary N) is 1. The molecule has 0 radical (unpaired) electrons. The molecule has 1 rings (SSSR count). The van der Waals surface area contributed by atoms with Gasteiger partial charge in [0, 0.05) is 13.1 Å². The maximum atomic E-state index is 11.7. The predicted octanol–water partition coefficient (Wildman–Crippen LogP) is 1.47. The van der Waals surface area contributed by atoms with Gasteiger partial charge in [0.05, 0.1) is 6.10 Å². The summed E-state index contributed by atoms with van der Waals surface area (Å²) in [4.78, 5) is 11.7. The molecule has 1 aliphatic rings. The molecule has 0 spiro atoms. The lowest BCUT2D eigenvalue weighted by molar-refractivity contribution is -0.131. The van der Waals surface area contributed by atoms with Crippen LogP contribution in [0.2, 0.25) is 0 Å². The Hall–Kier alpha value is -0.320. The van der Waals surface area contributed by atoms with Gasteiger partial charge in [-0.2, -0.15) is 0 Å². The summed E-state index contributed by atoms with van der Waals surface area (Å²) in [6.45, 7) is 5.64. The van der Waals surface area contributed by atoms with Gasteiger partial charge in [-0.25, -0.2) is 0 Å². The van der Waals surface area contributed by atoms with Gasteiger partial charge >= 0.3 is 0 Å². The average molecular weight is 265 g/mol. The highest BCUT2D eigenvalue weighted by molar-refractivity contribution is 5.85. The molecule has 1 amide bonds. The molecule has 1 heterocycles. The standard InChI is InChI=1S/C12H24N2O2.ClH/c1-9(2)4-3-7-14-12(15)11-6-5-10(8-13)16-11;/h9-11H,3-8,13H2,1-2H3,(H,14,15);1H/t10-,11+;/m1./s1. The first-order valence-electron chi connectivity index (χ1n) is 6.26. The Morgan fingerprint density at radius 1 is 1.47 bits per heavy atom. The monoisotopic (exact) mass is 264 g/mol. The molecule has 102 valence electrons. The summed E-state index contributed by atoms with van der Waals surface area (Å²) < 4.78 is 5.51. The van der Waals surface area contributed by atoms with E-state index in [2.05, 4.69) is 19.2 Å². The van der Waals surface area contributed by atoms with Gasteiger partial charge in [0.25, 0.3) is 0 Å². The van der Waals surface area contributed by atoms with Crippen molar-refractivity contribution in [3.05, 3.63) is 0 Å². The molecule has 0 aliphatic carbocycles. The molecule has 0 aromatic rings. The van der Waals surface area contributed by atoms with Gasteiger partial charge in [-0.15, -0.1) is 12.4 Å². The van der Waals surface area contributed by atoms with Crippen LogP contribution in [0.1, 0.15) is 39.5 Å². The van der Waals surface area contributed by atoms with Crippen LogP contribution in [0.15, 0.2) is 0 Å². The molecule has 0 unspecified atom stereocenters. The largest absolute Gasteiger partial charge is 0.364 e. The molecule has 0 aromatic carbocycles. The van der Waals surface area contributed by atoms with Crippen molar-refractivity contribution in [2.45, 2.75) is 51.7 Å². The zero-order valence-corrected chi connectivity index (χ0v) is 11.6. The molecule has 2 atom stereocenters. The topological polar surface area (TPSA) is 64.4 Å². The lowest BCUT2D eigenvalue weighted by Crippen LogP contribution is -2.36. The molecule has 4 nitrogen and oxygen atoms in total. The fourth-order valence-corrected chi connectivity index (χ4v) is 1.91. The van der Waals surface area contributed by atoms with Crippen molar-refractivity contribution < 1.29 is 9.53 Å². The van der Waals surface area contributed by atoms with Crippen molar-refractivity contribution >= 4 is 18.3 Å². The van der Waals surface area contributed by atoms with E-state index in [0.717, 1.165) is 32.2 Å². The van der Waals surface area contributed by atoms with Crippen molar-refractivity contribution in [1.29, 1.82) is 0 Å². The van der Waals surface area contributed by atoms with Gasteiger partial charge in [-0.1, -0.05) is 13.8 Å². The van der Waals surface area contributed by atoms with E-state index in [4.69, 9.17) is 10.5 Å². The van der Waals surface area contributed by atoms with Crippen LogP contribution in [0.25, 0.3) is 0 Å². The van der Waals surface area contributed by atoms with Crippen molar-refractivity contribution in [2.24, 2.45) is 11.7 Å². The fourth-order valence-electron chi connectivity index (χ4n) is 1.91. The number of rotatable bonds is 6. The second-order valence-electron chi connectivity index (χ2n) is 4.89. The zero-order valence-electron chi connectivity index (χ0n) is 10.8. The first-order valence-corrected chi connectivity index (χ1v) is 6.26. The summed E-state index contributed by atoms with van der Waals surface area (Å²) in [5, 5.41) is 2.92. The molecular weight excluding hydrogens is 240 g/mol. The molecule has 0 saturated carbocycles. The highest BCUT2D eigenvalue weighted by Gasteiger charge is 2.29. The summed E-state index contributed by atoms with van der Waals surface area (Å²) in [5.41, 5.74) is 5.49. The Kier molecular flexibility index (Phi) is 8.56. The quantitative estimate of drug-likeness (QED) is 0.714. The van der Waals surface area contributed by atoms with E-state index < -0.39 is 0 Å². The van der Waals surface area contributed by atoms with Gasteiger partial charge < -0.3 is 15.8 Å². The van der Waals surface area contributed by atoms with Crippen molar-refractivity contribution in [3.63, 3.8) is 0 Å². The fraction of sp³-hybridized carbons (Fsp3) is 0.917. The van der Waals surface area contributed by atoms with Crippen LogP contribution in [-0.2, 0) is 9.53 Å². The first kappa shape index (κ1) is 16.7. The number of carbonyl (C=O) groups excluding carboxylic acids is 1. The molecular formula is C12H25ClN2O2. The zero-order chi connectivity index (χ0) is 12.0. The summed E-state index contributed by atoms with van der Waals surface area (Å²) in [7, 11) is 0. The third kappa shape index (κ3) is 6.24. The third-order valence-corrected chi connectivity index (χ3v) is 2.92. The second-order valence-corrected chi connectivity index (χ2v) is 4.89. The van der Waals surface area contributed by atoms with E-state index in [1.165, 1.54) is 0 Å². The van der Waals surface area contributed by atoms with Crippen LogP contribution in [0.4, 0.5) is 0 Å². The Balaban J connectivity index is 0.00000256. The smallest absolute Gasteiger partial charge is 0.249 e. The SMILES string of the molecule is CC(C)CCCNC(=O)[C@@H]1CC[C@H](CN)O1.Cl. The molecule has 1 saturated heterocycles. The minimum Gasteiger partial charge on any atom is -0.364 e. The summed E-state index contributed by atoms with van der Waals surface area (Å²) in [6, 6.07) is 0. The predicted molar refractivity (Wildman–Crippen MR) is 71.3 cm³/mol. The summed E-state index contributed by atoms with van der Waals surface area (Å²) in [5.74, 6) is 0.723. The molecule has 17 heavy (non-hydrogen) atoms. The molecule has 1 fully saturated rings. The summed E-state index contributed by atoms with van der Waals surface area (Å²) >= 11 is 0. The Morgan fingerprint density at radius 3 is 2.71 bits per heavy atom. The van der Waals surface area contributed by atoms with E-state index in [-0.39, 0.29) is 30.5 Å². The highest BCUT2D eigenvalue weighted by atomic mass is 35.5. The number of amides is 1. The number of nitrogens with two attached hydrogens (primary N) is 1. The molecule has 5 heteroatoms. The van der Waals surface area contributed by atoms with E-state index >= 15 is 0 Å². The van der Waals surface area contributed by atoms with Gasteiger partial charge in [-0.05, 0) is 31.6 Å². The van der Waals surface area contributed by atoms with Gasteiger partial charge in [-0.3, -0.25) is 4.79 Å². The van der Waals surface area contributed by atoms with Crippen LogP contribution in [-0.4, -0.2) is 31.2 Å². The third-order valence-electron chi connectivity index (χ3n) is 2.92. The minimum absolute atomic E-state index is 0. The number of halogens is 1. The van der Waals surface area contributed by atoms with Crippen LogP contribution in [0.5, 0.6) is 0 Å². The van der Waals surface area contributed by atoms with Crippen molar-refractivity contribution in [3.8, 4) is 0 Å². The molecule has 1 aliphatic heterocycles. The van der Waals surface area contributed by atoms with Crippen LogP contribution >= 0.6 is 12.4 Å². The summed E-state index contributed by atoms with van der Waals surface area (Å²) in [6.07, 6.45) is 3.70. The Labute approximate surface area is 110 Å². The van der Waals surface area contributed by atoms with E-state index in [1.807, 2.05) is 0 Å².